The van der Waals surface area contributed by atoms with Crippen LogP contribution in [0.15, 0.2) is 36.9 Å². The topological polar surface area (TPSA) is 81.1 Å². The van der Waals surface area contributed by atoms with Crippen LogP contribution >= 0.6 is 0 Å². The molecule has 7 nitrogen and oxygen atoms in total. The fourth-order valence-electron chi connectivity index (χ4n) is 2.00. The predicted octanol–water partition coefficient (Wildman–Crippen LogP) is 2.67. The van der Waals surface area contributed by atoms with E-state index >= 15 is 0 Å². The Morgan fingerprint density at radius 3 is 2.57 bits per heavy atom. The zero-order chi connectivity index (χ0) is 16.9. The molecule has 1 aromatic carbocycles. The SMILES string of the molecule is C[C@@H](Cn1cncn1)NC(=O)Nc1ccc(OC(C)(C)C)cc1. The molecule has 2 N–H and O–H groups in total. The Bertz CT molecular complexity index is 617. The van der Waals surface area contributed by atoms with Gasteiger partial charge in [-0.2, -0.15) is 5.10 Å². The van der Waals surface area contributed by atoms with Crippen LogP contribution < -0.4 is 15.4 Å². The summed E-state index contributed by atoms with van der Waals surface area (Å²) in [4.78, 5) is 15.8. The van der Waals surface area contributed by atoms with E-state index in [9.17, 15) is 4.79 Å². The van der Waals surface area contributed by atoms with Crippen molar-refractivity contribution in [2.45, 2.75) is 45.9 Å². The second-order valence-electron chi connectivity index (χ2n) is 6.36. The number of carbonyl (C=O) groups is 1. The highest BCUT2D eigenvalue weighted by atomic mass is 16.5. The minimum Gasteiger partial charge on any atom is -0.488 e. The largest absolute Gasteiger partial charge is 0.488 e. The van der Waals surface area contributed by atoms with Crippen LogP contribution in [0.1, 0.15) is 27.7 Å². The van der Waals surface area contributed by atoms with E-state index in [-0.39, 0.29) is 17.7 Å². The van der Waals surface area contributed by atoms with Gasteiger partial charge in [0.1, 0.15) is 24.0 Å². The van der Waals surface area contributed by atoms with E-state index in [0.717, 1.165) is 5.75 Å². The van der Waals surface area contributed by atoms with Gasteiger partial charge >= 0.3 is 6.03 Å². The second-order valence-corrected chi connectivity index (χ2v) is 6.36. The quantitative estimate of drug-likeness (QED) is 0.888. The number of benzene rings is 1. The summed E-state index contributed by atoms with van der Waals surface area (Å²) in [6.07, 6.45) is 3.08. The van der Waals surface area contributed by atoms with Crippen molar-refractivity contribution >= 4 is 11.7 Å². The summed E-state index contributed by atoms with van der Waals surface area (Å²) in [6.45, 7) is 8.43. The lowest BCUT2D eigenvalue weighted by atomic mass is 10.2. The number of nitrogens with one attached hydrogen (secondary N) is 2. The molecule has 0 unspecified atom stereocenters. The van der Waals surface area contributed by atoms with Gasteiger partial charge in [0.15, 0.2) is 0 Å². The van der Waals surface area contributed by atoms with Gasteiger partial charge in [0.2, 0.25) is 0 Å². The van der Waals surface area contributed by atoms with Gasteiger partial charge in [0, 0.05) is 11.7 Å². The maximum Gasteiger partial charge on any atom is 0.319 e. The molecule has 0 radical (unpaired) electrons. The lowest BCUT2D eigenvalue weighted by Crippen LogP contribution is -2.38. The molecular formula is C16H23N5O2. The van der Waals surface area contributed by atoms with Gasteiger partial charge in [0.25, 0.3) is 0 Å². The molecule has 0 saturated carbocycles. The molecule has 1 aromatic heterocycles. The number of anilines is 1. The molecule has 7 heteroatoms. The fraction of sp³-hybridized carbons (Fsp3) is 0.438. The predicted molar refractivity (Wildman–Crippen MR) is 88.5 cm³/mol. The molecule has 0 fully saturated rings. The summed E-state index contributed by atoms with van der Waals surface area (Å²) in [5, 5.41) is 9.65. The first-order chi connectivity index (χ1) is 10.8. The highest BCUT2D eigenvalue weighted by Crippen LogP contribution is 2.20. The van der Waals surface area contributed by atoms with E-state index in [1.165, 1.54) is 6.33 Å². The highest BCUT2D eigenvalue weighted by Gasteiger charge is 2.12. The first-order valence-corrected chi connectivity index (χ1v) is 7.51. The average molecular weight is 317 g/mol. The van der Waals surface area contributed by atoms with Crippen molar-refractivity contribution in [2.24, 2.45) is 0 Å². The molecule has 23 heavy (non-hydrogen) atoms. The summed E-state index contributed by atoms with van der Waals surface area (Å²) in [7, 11) is 0. The van der Waals surface area contributed by atoms with Gasteiger partial charge in [-0.1, -0.05) is 0 Å². The van der Waals surface area contributed by atoms with Crippen molar-refractivity contribution in [1.29, 1.82) is 0 Å². The van der Waals surface area contributed by atoms with Crippen LogP contribution in [-0.2, 0) is 6.54 Å². The Hall–Kier alpha value is -2.57. The third kappa shape index (κ3) is 5.98. The van der Waals surface area contributed by atoms with Crippen molar-refractivity contribution < 1.29 is 9.53 Å². The van der Waals surface area contributed by atoms with E-state index in [4.69, 9.17) is 4.74 Å². The Morgan fingerprint density at radius 2 is 2.00 bits per heavy atom. The third-order valence-electron chi connectivity index (χ3n) is 2.84. The zero-order valence-corrected chi connectivity index (χ0v) is 13.9. The van der Waals surface area contributed by atoms with E-state index in [1.807, 2.05) is 52.0 Å². The Balaban J connectivity index is 1.82. The summed E-state index contributed by atoms with van der Waals surface area (Å²) in [6, 6.07) is 6.95. The first-order valence-electron chi connectivity index (χ1n) is 7.51. The number of urea groups is 1. The maximum atomic E-state index is 12.0. The van der Waals surface area contributed by atoms with E-state index in [2.05, 4.69) is 20.7 Å². The minimum atomic E-state index is -0.262. The lowest BCUT2D eigenvalue weighted by molar-refractivity contribution is 0.131. The smallest absolute Gasteiger partial charge is 0.319 e. The fourth-order valence-corrected chi connectivity index (χ4v) is 2.00. The molecule has 0 saturated heterocycles. The Kier molecular flexibility index (Phi) is 5.20. The number of ether oxygens (including phenoxy) is 1. The molecule has 2 aromatic rings. The third-order valence-corrected chi connectivity index (χ3v) is 2.84. The van der Waals surface area contributed by atoms with E-state index < -0.39 is 0 Å². The number of carbonyl (C=O) groups excluding carboxylic acids is 1. The number of nitrogens with zero attached hydrogens (tertiary/aromatic N) is 3. The van der Waals surface area contributed by atoms with Gasteiger partial charge in [-0.05, 0) is 52.0 Å². The molecule has 2 rings (SSSR count). The minimum absolute atomic E-state index is 0.0693. The summed E-state index contributed by atoms with van der Waals surface area (Å²) >= 11 is 0. The normalized spacial score (nSPS) is 12.5. The van der Waals surface area contributed by atoms with Crippen LogP contribution in [0.25, 0.3) is 0 Å². The van der Waals surface area contributed by atoms with Crippen molar-refractivity contribution in [3.8, 4) is 5.75 Å². The van der Waals surface area contributed by atoms with Gasteiger partial charge in [-0.25, -0.2) is 9.78 Å². The molecule has 0 spiro atoms. The molecule has 0 aliphatic rings. The molecule has 0 bridgehead atoms. The van der Waals surface area contributed by atoms with Crippen LogP contribution in [0.4, 0.5) is 10.5 Å². The molecule has 0 aliphatic heterocycles. The molecule has 124 valence electrons. The van der Waals surface area contributed by atoms with Crippen LogP contribution in [0.5, 0.6) is 5.75 Å². The van der Waals surface area contributed by atoms with Gasteiger partial charge < -0.3 is 15.4 Å². The van der Waals surface area contributed by atoms with Crippen LogP contribution in [0, 0.1) is 0 Å². The lowest BCUT2D eigenvalue weighted by Gasteiger charge is -2.21. The maximum absolute atomic E-state index is 12.0. The van der Waals surface area contributed by atoms with E-state index in [0.29, 0.717) is 12.2 Å². The highest BCUT2D eigenvalue weighted by molar-refractivity contribution is 5.89. The average Bonchev–Trinajstić information content (AvgIpc) is 2.91. The monoisotopic (exact) mass is 317 g/mol. The Morgan fingerprint density at radius 1 is 1.30 bits per heavy atom. The molecule has 1 atom stereocenters. The second kappa shape index (κ2) is 7.13. The number of hydrogen-bond acceptors (Lipinski definition) is 4. The Labute approximate surface area is 136 Å². The van der Waals surface area contributed by atoms with Crippen molar-refractivity contribution in [2.75, 3.05) is 5.32 Å². The van der Waals surface area contributed by atoms with E-state index in [1.54, 1.807) is 11.0 Å². The van der Waals surface area contributed by atoms with Crippen molar-refractivity contribution in [3.63, 3.8) is 0 Å². The van der Waals surface area contributed by atoms with Gasteiger partial charge in [-0.3, -0.25) is 4.68 Å². The number of hydrogen-bond donors (Lipinski definition) is 2. The zero-order valence-electron chi connectivity index (χ0n) is 13.9. The molecular weight excluding hydrogens is 294 g/mol. The van der Waals surface area contributed by atoms with Crippen molar-refractivity contribution in [1.82, 2.24) is 20.1 Å². The van der Waals surface area contributed by atoms with Gasteiger partial charge in [-0.15, -0.1) is 0 Å². The number of aromatic nitrogens is 3. The first kappa shape index (κ1) is 16.8. The van der Waals surface area contributed by atoms with Crippen LogP contribution in [-0.4, -0.2) is 32.4 Å². The van der Waals surface area contributed by atoms with Crippen molar-refractivity contribution in [3.05, 3.63) is 36.9 Å². The number of rotatable bonds is 5. The summed E-state index contributed by atoms with van der Waals surface area (Å²) in [5.41, 5.74) is 0.458. The van der Waals surface area contributed by atoms with Crippen LogP contribution in [0.3, 0.4) is 0 Å². The molecule has 1 heterocycles. The summed E-state index contributed by atoms with van der Waals surface area (Å²) < 4.78 is 7.41. The number of amides is 2. The molecule has 2 amide bonds. The molecule has 0 aliphatic carbocycles. The standard InChI is InChI=1S/C16H23N5O2/c1-12(9-21-11-17-10-18-21)19-15(22)20-13-5-7-14(8-6-13)23-16(2,3)4/h5-8,10-12H,9H2,1-4H3,(H2,19,20,22)/t12-/m0/s1. The van der Waals surface area contributed by atoms with Gasteiger partial charge in [0.05, 0.1) is 6.54 Å². The summed E-state index contributed by atoms with van der Waals surface area (Å²) in [5.74, 6) is 0.767. The van der Waals surface area contributed by atoms with Crippen LogP contribution in [0.2, 0.25) is 0 Å².